The summed E-state index contributed by atoms with van der Waals surface area (Å²) in [7, 11) is 0. The molecule has 0 saturated carbocycles. The Labute approximate surface area is 114 Å². The van der Waals surface area contributed by atoms with E-state index in [4.69, 9.17) is 29.6 Å². The summed E-state index contributed by atoms with van der Waals surface area (Å²) in [6, 6.07) is 5.55. The third-order valence-corrected chi connectivity index (χ3v) is 2.89. The largest absolute Gasteiger partial charge is 0.389 e. The van der Waals surface area contributed by atoms with E-state index >= 15 is 0 Å². The van der Waals surface area contributed by atoms with Gasteiger partial charge in [-0.3, -0.25) is 0 Å². The number of halogens is 1. The van der Waals surface area contributed by atoms with E-state index in [-0.39, 0.29) is 0 Å². The fourth-order valence-electron chi connectivity index (χ4n) is 1.45. The predicted octanol–water partition coefficient (Wildman–Crippen LogP) is 3.82. The molecule has 0 aromatic heterocycles. The van der Waals surface area contributed by atoms with E-state index in [2.05, 4.69) is 26.1 Å². The van der Waals surface area contributed by atoms with E-state index < -0.39 is 0 Å². The summed E-state index contributed by atoms with van der Waals surface area (Å²) in [4.78, 5) is 0.366. The van der Waals surface area contributed by atoms with E-state index in [1.165, 1.54) is 0 Å². The van der Waals surface area contributed by atoms with Crippen molar-refractivity contribution in [2.45, 2.75) is 27.2 Å². The Morgan fingerprint density at radius 3 is 2.59 bits per heavy atom. The van der Waals surface area contributed by atoms with Crippen molar-refractivity contribution in [3.63, 3.8) is 0 Å². The van der Waals surface area contributed by atoms with Crippen LogP contribution < -0.4 is 11.1 Å². The second-order valence-corrected chi connectivity index (χ2v) is 6.17. The van der Waals surface area contributed by atoms with Gasteiger partial charge in [0.05, 0.1) is 0 Å². The number of benzene rings is 1. The molecule has 0 bridgehead atoms. The van der Waals surface area contributed by atoms with Crippen LogP contribution in [-0.2, 0) is 0 Å². The minimum atomic E-state index is 0.308. The van der Waals surface area contributed by atoms with Gasteiger partial charge in [-0.25, -0.2) is 0 Å². The monoisotopic (exact) mass is 270 g/mol. The molecule has 1 aromatic carbocycles. The number of anilines is 1. The van der Waals surface area contributed by atoms with E-state index in [9.17, 15) is 0 Å². The Kier molecular flexibility index (Phi) is 4.78. The Balaban J connectivity index is 2.74. The molecule has 1 aromatic rings. The molecule has 0 aliphatic rings. The number of thiocarbonyl (C=S) groups is 1. The summed E-state index contributed by atoms with van der Waals surface area (Å²) in [5, 5.41) is 4.00. The smallest absolute Gasteiger partial charge is 0.106 e. The van der Waals surface area contributed by atoms with Crippen LogP contribution in [0.25, 0.3) is 0 Å². The summed E-state index contributed by atoms with van der Waals surface area (Å²) in [5.41, 5.74) is 7.74. The lowest BCUT2D eigenvalue weighted by Crippen LogP contribution is -2.16. The molecule has 3 N–H and O–H groups in total. The molecule has 17 heavy (non-hydrogen) atoms. The van der Waals surface area contributed by atoms with Crippen LogP contribution in [0.5, 0.6) is 0 Å². The molecular formula is C13H19ClN2S. The Bertz CT molecular complexity index is 410. The fraction of sp³-hybridized carbons (Fsp3) is 0.462. The molecular weight excluding hydrogens is 252 g/mol. The van der Waals surface area contributed by atoms with Gasteiger partial charge in [-0.15, -0.1) is 0 Å². The highest BCUT2D eigenvalue weighted by Gasteiger charge is 2.10. The van der Waals surface area contributed by atoms with Crippen molar-refractivity contribution < 1.29 is 0 Å². The first-order valence-corrected chi connectivity index (χ1v) is 6.41. The van der Waals surface area contributed by atoms with Gasteiger partial charge in [0, 0.05) is 22.8 Å². The second kappa shape index (κ2) is 5.69. The van der Waals surface area contributed by atoms with Crippen LogP contribution in [0.4, 0.5) is 5.69 Å². The fourth-order valence-corrected chi connectivity index (χ4v) is 1.79. The Hall–Kier alpha value is -0.800. The minimum Gasteiger partial charge on any atom is -0.389 e. The molecule has 0 unspecified atom stereocenters. The van der Waals surface area contributed by atoms with Crippen molar-refractivity contribution in [3.8, 4) is 0 Å². The van der Waals surface area contributed by atoms with Crippen LogP contribution >= 0.6 is 23.8 Å². The number of hydrogen-bond acceptors (Lipinski definition) is 2. The van der Waals surface area contributed by atoms with Gasteiger partial charge in [0.15, 0.2) is 0 Å². The van der Waals surface area contributed by atoms with Crippen molar-refractivity contribution in [2.75, 3.05) is 11.9 Å². The third kappa shape index (κ3) is 4.92. The lowest BCUT2D eigenvalue weighted by Gasteiger charge is -2.19. The summed E-state index contributed by atoms with van der Waals surface area (Å²) < 4.78 is 0. The molecule has 0 aliphatic carbocycles. The molecule has 0 amide bonds. The standard InChI is InChI=1S/C13H19ClN2S/c1-13(2,3)6-7-16-11-5-4-9(14)8-10(11)12(15)17/h4-5,8,16H,6-7H2,1-3H3,(H2,15,17). The first-order valence-electron chi connectivity index (χ1n) is 5.63. The van der Waals surface area contributed by atoms with Crippen LogP contribution in [0.1, 0.15) is 32.8 Å². The van der Waals surface area contributed by atoms with Gasteiger partial charge >= 0.3 is 0 Å². The summed E-state index contributed by atoms with van der Waals surface area (Å²) in [6.45, 7) is 7.53. The van der Waals surface area contributed by atoms with Gasteiger partial charge < -0.3 is 11.1 Å². The molecule has 0 saturated heterocycles. The van der Waals surface area contributed by atoms with E-state index in [0.717, 1.165) is 24.2 Å². The van der Waals surface area contributed by atoms with Crippen molar-refractivity contribution in [2.24, 2.45) is 11.1 Å². The topological polar surface area (TPSA) is 38.0 Å². The molecule has 0 fully saturated rings. The number of nitrogens with two attached hydrogens (primary N) is 1. The van der Waals surface area contributed by atoms with Gasteiger partial charge in [-0.2, -0.15) is 0 Å². The van der Waals surface area contributed by atoms with Crippen molar-refractivity contribution in [3.05, 3.63) is 28.8 Å². The van der Waals surface area contributed by atoms with Gasteiger partial charge in [-0.05, 0) is 30.0 Å². The van der Waals surface area contributed by atoms with Crippen LogP contribution in [0.3, 0.4) is 0 Å². The molecule has 0 heterocycles. The number of nitrogens with one attached hydrogen (secondary N) is 1. The Morgan fingerprint density at radius 1 is 1.41 bits per heavy atom. The van der Waals surface area contributed by atoms with E-state index in [1.54, 1.807) is 6.07 Å². The highest BCUT2D eigenvalue weighted by molar-refractivity contribution is 7.80. The van der Waals surface area contributed by atoms with Crippen LogP contribution in [-0.4, -0.2) is 11.5 Å². The van der Waals surface area contributed by atoms with Gasteiger partial charge in [-0.1, -0.05) is 44.6 Å². The van der Waals surface area contributed by atoms with Crippen LogP contribution in [0.2, 0.25) is 5.02 Å². The lowest BCUT2D eigenvalue weighted by atomic mass is 9.92. The normalized spacial score (nSPS) is 11.3. The third-order valence-electron chi connectivity index (χ3n) is 2.44. The molecule has 0 atom stereocenters. The highest BCUT2D eigenvalue weighted by atomic mass is 35.5. The highest BCUT2D eigenvalue weighted by Crippen LogP contribution is 2.22. The second-order valence-electron chi connectivity index (χ2n) is 5.29. The van der Waals surface area contributed by atoms with E-state index in [1.807, 2.05) is 12.1 Å². The SMILES string of the molecule is CC(C)(C)CCNc1ccc(Cl)cc1C(N)=S. The predicted molar refractivity (Wildman–Crippen MR) is 79.9 cm³/mol. The molecule has 0 spiro atoms. The summed E-state index contributed by atoms with van der Waals surface area (Å²) in [6.07, 6.45) is 1.08. The molecule has 94 valence electrons. The van der Waals surface area contributed by atoms with Gasteiger partial charge in [0.2, 0.25) is 0 Å². The van der Waals surface area contributed by atoms with Gasteiger partial charge in [0.1, 0.15) is 4.99 Å². The molecule has 1 rings (SSSR count). The zero-order chi connectivity index (χ0) is 13.1. The average Bonchev–Trinajstić information content (AvgIpc) is 2.18. The van der Waals surface area contributed by atoms with E-state index in [0.29, 0.717) is 15.4 Å². The maximum absolute atomic E-state index is 5.92. The van der Waals surface area contributed by atoms with Crippen molar-refractivity contribution in [1.82, 2.24) is 0 Å². The van der Waals surface area contributed by atoms with Crippen LogP contribution in [0, 0.1) is 5.41 Å². The first-order chi connectivity index (χ1) is 7.79. The molecule has 0 radical (unpaired) electrons. The quantitative estimate of drug-likeness (QED) is 0.817. The average molecular weight is 271 g/mol. The Morgan fingerprint density at radius 2 is 2.06 bits per heavy atom. The summed E-state index contributed by atoms with van der Waals surface area (Å²) in [5.74, 6) is 0. The molecule has 0 aliphatic heterocycles. The maximum atomic E-state index is 5.92. The zero-order valence-corrected chi connectivity index (χ0v) is 12.1. The van der Waals surface area contributed by atoms with Crippen molar-refractivity contribution >= 4 is 34.5 Å². The van der Waals surface area contributed by atoms with Crippen molar-refractivity contribution in [1.29, 1.82) is 0 Å². The molecule has 2 nitrogen and oxygen atoms in total. The first kappa shape index (κ1) is 14.3. The summed E-state index contributed by atoms with van der Waals surface area (Å²) >= 11 is 10.9. The zero-order valence-electron chi connectivity index (χ0n) is 10.5. The van der Waals surface area contributed by atoms with Crippen LogP contribution in [0.15, 0.2) is 18.2 Å². The lowest BCUT2D eigenvalue weighted by molar-refractivity contribution is 0.390. The number of hydrogen-bond donors (Lipinski definition) is 2. The minimum absolute atomic E-state index is 0.308. The molecule has 4 heteroatoms. The maximum Gasteiger partial charge on any atom is 0.106 e. The number of rotatable bonds is 4. The van der Waals surface area contributed by atoms with Gasteiger partial charge in [0.25, 0.3) is 0 Å².